The van der Waals surface area contributed by atoms with Gasteiger partial charge in [0.1, 0.15) is 0 Å². The fourth-order valence-corrected chi connectivity index (χ4v) is 4.05. The van der Waals surface area contributed by atoms with Crippen LogP contribution in [-0.4, -0.2) is 5.78 Å². The average Bonchev–Trinajstić information content (AvgIpc) is 2.78. The van der Waals surface area contributed by atoms with E-state index in [0.717, 1.165) is 24.6 Å². The normalized spacial score (nSPS) is 10.8. The van der Waals surface area contributed by atoms with E-state index in [1.165, 1.54) is 11.3 Å². The molecule has 0 aliphatic rings. The lowest BCUT2D eigenvalue weighted by molar-refractivity contribution is 0.104. The number of hydrogen-bond acceptors (Lipinski definition) is 2. The zero-order valence-corrected chi connectivity index (χ0v) is 13.7. The molecule has 19 heavy (non-hydrogen) atoms. The van der Waals surface area contributed by atoms with Gasteiger partial charge in [-0.25, -0.2) is 0 Å². The fourth-order valence-electron chi connectivity index (χ4n) is 1.94. The number of benzene rings is 2. The van der Waals surface area contributed by atoms with Gasteiger partial charge in [0, 0.05) is 15.4 Å². The predicted molar refractivity (Wildman–Crippen MR) is 87.1 cm³/mol. The summed E-state index contributed by atoms with van der Waals surface area (Å²) >= 11 is 8.29. The van der Waals surface area contributed by atoms with E-state index in [1.54, 1.807) is 0 Å². The van der Waals surface area contributed by atoms with Gasteiger partial charge in [0.15, 0.2) is 0 Å². The summed E-state index contributed by atoms with van der Waals surface area (Å²) in [6.45, 7) is 0. The van der Waals surface area contributed by atoms with E-state index in [0.29, 0.717) is 5.56 Å². The molecule has 4 heteroatoms. The maximum absolute atomic E-state index is 12.5. The summed E-state index contributed by atoms with van der Waals surface area (Å²) in [6.07, 6.45) is 0. The van der Waals surface area contributed by atoms with Crippen LogP contribution in [0.1, 0.15) is 15.2 Å². The highest BCUT2D eigenvalue weighted by Gasteiger charge is 2.16. The van der Waals surface area contributed by atoms with Gasteiger partial charge in [-0.1, -0.05) is 36.4 Å². The van der Waals surface area contributed by atoms with E-state index < -0.39 is 0 Å². The molecule has 0 N–H and O–H groups in total. The molecular formula is C15H8Br2OS. The number of thiophene rings is 1. The number of carbonyl (C=O) groups excluding carboxylic acids is 1. The monoisotopic (exact) mass is 394 g/mol. The van der Waals surface area contributed by atoms with Crippen molar-refractivity contribution in [3.63, 3.8) is 0 Å². The number of rotatable bonds is 2. The summed E-state index contributed by atoms with van der Waals surface area (Å²) in [7, 11) is 0. The third-order valence-electron chi connectivity index (χ3n) is 2.91. The van der Waals surface area contributed by atoms with Gasteiger partial charge in [-0.2, -0.15) is 0 Å². The first-order valence-electron chi connectivity index (χ1n) is 5.63. The first kappa shape index (κ1) is 13.0. The zero-order chi connectivity index (χ0) is 13.4. The molecule has 1 heterocycles. The minimum absolute atomic E-state index is 0.0494. The molecule has 94 valence electrons. The van der Waals surface area contributed by atoms with E-state index in [4.69, 9.17) is 0 Å². The Morgan fingerprint density at radius 3 is 2.42 bits per heavy atom. The van der Waals surface area contributed by atoms with Crippen LogP contribution in [0.3, 0.4) is 0 Å². The maximum atomic E-state index is 12.5. The van der Waals surface area contributed by atoms with Crippen molar-refractivity contribution in [1.82, 2.24) is 0 Å². The molecule has 0 fully saturated rings. The van der Waals surface area contributed by atoms with Gasteiger partial charge in [-0.15, -0.1) is 11.3 Å². The second kappa shape index (κ2) is 5.19. The Morgan fingerprint density at radius 1 is 1.00 bits per heavy atom. The molecule has 0 saturated heterocycles. The Bertz CT molecular complexity index is 777. The van der Waals surface area contributed by atoms with E-state index in [2.05, 4.69) is 31.9 Å². The van der Waals surface area contributed by atoms with Gasteiger partial charge in [0.25, 0.3) is 0 Å². The number of ketones is 1. The number of hydrogen-bond donors (Lipinski definition) is 0. The number of halogens is 2. The molecular weight excluding hydrogens is 388 g/mol. The van der Waals surface area contributed by atoms with Crippen molar-refractivity contribution < 1.29 is 4.79 Å². The molecule has 1 nitrogen and oxygen atoms in total. The van der Waals surface area contributed by atoms with Crippen molar-refractivity contribution in [3.05, 3.63) is 67.2 Å². The van der Waals surface area contributed by atoms with E-state index >= 15 is 0 Å². The smallest absolute Gasteiger partial charge is 0.204 e. The van der Waals surface area contributed by atoms with Crippen molar-refractivity contribution in [1.29, 1.82) is 0 Å². The molecule has 2 aromatic carbocycles. The van der Waals surface area contributed by atoms with Crippen molar-refractivity contribution in [2.24, 2.45) is 0 Å². The average molecular weight is 396 g/mol. The Balaban J connectivity index is 2.09. The molecule has 1 aromatic heterocycles. The van der Waals surface area contributed by atoms with Gasteiger partial charge in [0.2, 0.25) is 5.78 Å². The molecule has 3 aromatic rings. The second-order valence-electron chi connectivity index (χ2n) is 4.12. The summed E-state index contributed by atoms with van der Waals surface area (Å²) in [5, 5.41) is 4.14. The van der Waals surface area contributed by atoms with Crippen molar-refractivity contribution in [3.8, 4) is 0 Å². The lowest BCUT2D eigenvalue weighted by atomic mass is 10.0. The first-order chi connectivity index (χ1) is 9.16. The summed E-state index contributed by atoms with van der Waals surface area (Å²) < 4.78 is 1.75. The van der Waals surface area contributed by atoms with Gasteiger partial charge >= 0.3 is 0 Å². The first-order valence-corrected chi connectivity index (χ1v) is 8.09. The summed E-state index contributed by atoms with van der Waals surface area (Å²) in [4.78, 5) is 13.2. The summed E-state index contributed by atoms with van der Waals surface area (Å²) in [5.74, 6) is 0.0494. The lowest BCUT2D eigenvalue weighted by Crippen LogP contribution is -1.99. The summed E-state index contributed by atoms with van der Waals surface area (Å²) in [5.41, 5.74) is 0.716. The fraction of sp³-hybridized carbons (Fsp3) is 0. The van der Waals surface area contributed by atoms with Gasteiger partial charge in [0.05, 0.1) is 9.35 Å². The van der Waals surface area contributed by atoms with Crippen molar-refractivity contribution >= 4 is 59.8 Å². The van der Waals surface area contributed by atoms with Crippen LogP contribution in [0.4, 0.5) is 0 Å². The molecule has 3 rings (SSSR count). The molecule has 0 amide bonds. The largest absolute Gasteiger partial charge is 0.288 e. The van der Waals surface area contributed by atoms with E-state index in [1.807, 2.05) is 47.8 Å². The second-order valence-corrected chi connectivity index (χ2v) is 6.64. The Kier molecular flexibility index (Phi) is 3.56. The summed E-state index contributed by atoms with van der Waals surface area (Å²) in [6, 6.07) is 13.8. The quantitative estimate of drug-likeness (QED) is 0.512. The SMILES string of the molecule is O=C(c1ccc2ccccc2c1)c1scc(Br)c1Br. The van der Waals surface area contributed by atoms with Crippen LogP contribution < -0.4 is 0 Å². The third kappa shape index (κ3) is 2.40. The number of carbonyl (C=O) groups is 1. The minimum atomic E-state index is 0.0494. The predicted octanol–water partition coefficient (Wildman–Crippen LogP) is 5.66. The Labute approximate surface area is 131 Å². The highest BCUT2D eigenvalue weighted by molar-refractivity contribution is 9.13. The zero-order valence-electron chi connectivity index (χ0n) is 9.69. The Hall–Kier alpha value is -0.970. The van der Waals surface area contributed by atoms with Crippen LogP contribution in [0.2, 0.25) is 0 Å². The molecule has 0 aliphatic heterocycles. The van der Waals surface area contributed by atoms with Crippen molar-refractivity contribution in [2.45, 2.75) is 0 Å². The van der Waals surface area contributed by atoms with Crippen molar-refractivity contribution in [2.75, 3.05) is 0 Å². The third-order valence-corrected chi connectivity index (χ3v) is 6.43. The molecule has 0 saturated carbocycles. The van der Waals surface area contributed by atoms with Crippen LogP contribution in [0.5, 0.6) is 0 Å². The molecule has 0 spiro atoms. The molecule has 0 atom stereocenters. The highest BCUT2D eigenvalue weighted by atomic mass is 79.9. The topological polar surface area (TPSA) is 17.1 Å². The highest BCUT2D eigenvalue weighted by Crippen LogP contribution is 2.34. The number of fused-ring (bicyclic) bond motifs is 1. The van der Waals surface area contributed by atoms with Gasteiger partial charge in [-0.3, -0.25) is 4.79 Å². The van der Waals surface area contributed by atoms with Crippen LogP contribution in [0, 0.1) is 0 Å². The molecule has 0 radical (unpaired) electrons. The molecule has 0 unspecified atom stereocenters. The van der Waals surface area contributed by atoms with Crippen LogP contribution in [-0.2, 0) is 0 Å². The van der Waals surface area contributed by atoms with E-state index in [9.17, 15) is 4.79 Å². The maximum Gasteiger partial charge on any atom is 0.204 e. The van der Waals surface area contributed by atoms with Crippen LogP contribution >= 0.6 is 43.2 Å². The lowest BCUT2D eigenvalue weighted by Gasteiger charge is -2.02. The Morgan fingerprint density at radius 2 is 1.74 bits per heavy atom. The standard InChI is InChI=1S/C15H8Br2OS/c16-12-8-19-15(13(12)17)14(18)11-6-5-9-3-1-2-4-10(9)7-11/h1-8H. The van der Waals surface area contributed by atoms with Gasteiger partial charge in [-0.05, 0) is 48.7 Å². The molecule has 0 bridgehead atoms. The van der Waals surface area contributed by atoms with Crippen LogP contribution in [0.15, 0.2) is 56.8 Å². The minimum Gasteiger partial charge on any atom is -0.288 e. The van der Waals surface area contributed by atoms with Gasteiger partial charge < -0.3 is 0 Å². The van der Waals surface area contributed by atoms with Crippen LogP contribution in [0.25, 0.3) is 10.8 Å². The van der Waals surface area contributed by atoms with E-state index in [-0.39, 0.29) is 5.78 Å². The molecule has 0 aliphatic carbocycles.